The van der Waals surface area contributed by atoms with Crippen LogP contribution in [0.5, 0.6) is 5.75 Å². The number of aliphatic carboxylic acids is 1. The van der Waals surface area contributed by atoms with Crippen molar-refractivity contribution in [2.45, 2.75) is 38.9 Å². The normalized spacial score (nSPS) is 13.3. The molecule has 1 aromatic carbocycles. The molecule has 0 aliphatic rings. The first-order valence-corrected chi connectivity index (χ1v) is 9.49. The fourth-order valence-electron chi connectivity index (χ4n) is 2.30. The van der Waals surface area contributed by atoms with E-state index in [1.807, 2.05) is 19.9 Å². The molecule has 1 rings (SSSR count). The monoisotopic (exact) mass is 384 g/mol. The van der Waals surface area contributed by atoms with Crippen LogP contribution in [-0.2, 0) is 23.7 Å². The summed E-state index contributed by atoms with van der Waals surface area (Å²) in [7, 11) is 0. The van der Waals surface area contributed by atoms with E-state index in [2.05, 4.69) is 0 Å². The van der Waals surface area contributed by atoms with Crippen LogP contribution in [-0.4, -0.2) is 63.1 Å². The lowest BCUT2D eigenvalue weighted by molar-refractivity contribution is -0.218. The van der Waals surface area contributed by atoms with Crippen LogP contribution >= 0.6 is 0 Å². The predicted molar refractivity (Wildman–Crippen MR) is 101 cm³/mol. The Kier molecular flexibility index (Phi) is 12.5. The Morgan fingerprint density at radius 2 is 1.52 bits per heavy atom. The Morgan fingerprint density at radius 1 is 0.926 bits per heavy atom. The summed E-state index contributed by atoms with van der Waals surface area (Å²) in [4.78, 5) is 11.9. The van der Waals surface area contributed by atoms with E-state index in [-0.39, 0.29) is 19.6 Å². The Morgan fingerprint density at radius 3 is 2.07 bits per heavy atom. The Bertz CT molecular complexity index is 494. The SMILES string of the molecule is CCCCC(OCCOCCOCCOCC)(Oc1ccccc1)C(=O)O. The van der Waals surface area contributed by atoms with Gasteiger partial charge in [-0.3, -0.25) is 0 Å². The minimum Gasteiger partial charge on any atom is -0.476 e. The van der Waals surface area contributed by atoms with Crippen molar-refractivity contribution >= 4 is 5.97 Å². The Labute approximate surface area is 161 Å². The van der Waals surface area contributed by atoms with Crippen LogP contribution in [0.15, 0.2) is 30.3 Å². The molecule has 0 heterocycles. The van der Waals surface area contributed by atoms with E-state index in [9.17, 15) is 9.90 Å². The molecular formula is C20H32O7. The summed E-state index contributed by atoms with van der Waals surface area (Å²) in [5, 5.41) is 9.73. The van der Waals surface area contributed by atoms with Crippen LogP contribution in [0.25, 0.3) is 0 Å². The highest BCUT2D eigenvalue weighted by molar-refractivity contribution is 5.76. The smallest absolute Gasteiger partial charge is 0.377 e. The van der Waals surface area contributed by atoms with Gasteiger partial charge in [0.1, 0.15) is 5.75 Å². The number of carboxylic acids is 1. The van der Waals surface area contributed by atoms with Crippen molar-refractivity contribution in [1.82, 2.24) is 0 Å². The number of ether oxygens (including phenoxy) is 5. The molecule has 1 N–H and O–H groups in total. The Hall–Kier alpha value is -1.67. The van der Waals surface area contributed by atoms with Gasteiger partial charge in [0.15, 0.2) is 0 Å². The maximum atomic E-state index is 11.9. The van der Waals surface area contributed by atoms with E-state index in [1.165, 1.54) is 0 Å². The highest BCUT2D eigenvalue weighted by atomic mass is 16.7. The maximum absolute atomic E-state index is 11.9. The zero-order valence-corrected chi connectivity index (χ0v) is 16.4. The first-order valence-electron chi connectivity index (χ1n) is 9.49. The molecule has 0 aliphatic carbocycles. The topological polar surface area (TPSA) is 83.5 Å². The molecule has 7 heteroatoms. The third-order valence-electron chi connectivity index (χ3n) is 3.72. The van der Waals surface area contributed by atoms with Crippen LogP contribution in [0.3, 0.4) is 0 Å². The predicted octanol–water partition coefficient (Wildman–Crippen LogP) is 3.12. The van der Waals surface area contributed by atoms with E-state index in [4.69, 9.17) is 23.7 Å². The van der Waals surface area contributed by atoms with E-state index in [0.717, 1.165) is 6.42 Å². The molecular weight excluding hydrogens is 352 g/mol. The summed E-state index contributed by atoms with van der Waals surface area (Å²) in [6.45, 7) is 6.91. The quantitative estimate of drug-likeness (QED) is 0.326. The summed E-state index contributed by atoms with van der Waals surface area (Å²) in [6, 6.07) is 8.84. The molecule has 0 aromatic heterocycles. The van der Waals surface area contributed by atoms with E-state index in [0.29, 0.717) is 45.2 Å². The number of benzene rings is 1. The third-order valence-corrected chi connectivity index (χ3v) is 3.72. The van der Waals surface area contributed by atoms with E-state index >= 15 is 0 Å². The molecule has 0 spiro atoms. The lowest BCUT2D eigenvalue weighted by atomic mass is 10.1. The third kappa shape index (κ3) is 9.72. The summed E-state index contributed by atoms with van der Waals surface area (Å²) >= 11 is 0. The van der Waals surface area contributed by atoms with Crippen LogP contribution in [0.1, 0.15) is 33.1 Å². The van der Waals surface area contributed by atoms with Crippen molar-refractivity contribution in [3.05, 3.63) is 30.3 Å². The van der Waals surface area contributed by atoms with Gasteiger partial charge in [-0.2, -0.15) is 0 Å². The zero-order valence-electron chi connectivity index (χ0n) is 16.4. The number of carboxylic acid groups (broad SMARTS) is 1. The average molecular weight is 384 g/mol. The van der Waals surface area contributed by atoms with Crippen molar-refractivity contribution in [1.29, 1.82) is 0 Å². The van der Waals surface area contributed by atoms with Crippen molar-refractivity contribution in [2.24, 2.45) is 0 Å². The summed E-state index contributed by atoms with van der Waals surface area (Å²) < 4.78 is 27.3. The number of hydrogen-bond acceptors (Lipinski definition) is 6. The second-order valence-corrected chi connectivity index (χ2v) is 5.85. The molecule has 1 unspecified atom stereocenters. The van der Waals surface area contributed by atoms with Crippen LogP contribution in [0.4, 0.5) is 0 Å². The minimum atomic E-state index is -1.71. The van der Waals surface area contributed by atoms with Gasteiger partial charge in [0.25, 0.3) is 0 Å². The molecule has 0 saturated carbocycles. The first kappa shape index (κ1) is 23.4. The standard InChI is InChI=1S/C20H32O7/c1-3-5-11-20(19(21)22,27-18-9-7-6-8-10-18)26-17-16-25-15-14-24-13-12-23-4-2/h6-10H,3-5,11-17H2,1-2H3,(H,21,22). The molecule has 1 atom stereocenters. The van der Waals surface area contributed by atoms with Gasteiger partial charge in [0.2, 0.25) is 0 Å². The van der Waals surface area contributed by atoms with Gasteiger partial charge in [-0.1, -0.05) is 31.5 Å². The lowest BCUT2D eigenvalue weighted by Gasteiger charge is -2.30. The summed E-state index contributed by atoms with van der Waals surface area (Å²) in [6.07, 6.45) is 1.77. The van der Waals surface area contributed by atoms with Gasteiger partial charge in [0, 0.05) is 13.0 Å². The van der Waals surface area contributed by atoms with Crippen molar-refractivity contribution in [2.75, 3.05) is 46.2 Å². The maximum Gasteiger partial charge on any atom is 0.377 e. The lowest BCUT2D eigenvalue weighted by Crippen LogP contribution is -2.48. The van der Waals surface area contributed by atoms with Crippen molar-refractivity contribution in [3.63, 3.8) is 0 Å². The molecule has 7 nitrogen and oxygen atoms in total. The van der Waals surface area contributed by atoms with Gasteiger partial charge in [-0.05, 0) is 25.5 Å². The number of para-hydroxylation sites is 1. The molecule has 0 saturated heterocycles. The number of carbonyl (C=O) groups is 1. The second-order valence-electron chi connectivity index (χ2n) is 5.85. The van der Waals surface area contributed by atoms with Gasteiger partial charge < -0.3 is 28.8 Å². The fraction of sp³-hybridized carbons (Fsp3) is 0.650. The van der Waals surface area contributed by atoms with Crippen molar-refractivity contribution < 1.29 is 33.6 Å². The molecule has 0 amide bonds. The molecule has 1 aromatic rings. The molecule has 0 fully saturated rings. The zero-order chi connectivity index (χ0) is 19.8. The fourth-order valence-corrected chi connectivity index (χ4v) is 2.30. The summed E-state index contributed by atoms with van der Waals surface area (Å²) in [5.74, 6) is -2.40. The molecule has 0 bridgehead atoms. The largest absolute Gasteiger partial charge is 0.476 e. The van der Waals surface area contributed by atoms with Gasteiger partial charge in [-0.15, -0.1) is 0 Å². The number of hydrogen-bond donors (Lipinski definition) is 1. The Balaban J connectivity index is 2.41. The van der Waals surface area contributed by atoms with Crippen LogP contribution in [0.2, 0.25) is 0 Å². The van der Waals surface area contributed by atoms with E-state index < -0.39 is 11.8 Å². The molecule has 0 radical (unpaired) electrons. The summed E-state index contributed by atoms with van der Waals surface area (Å²) in [5.41, 5.74) is 0. The molecule has 27 heavy (non-hydrogen) atoms. The van der Waals surface area contributed by atoms with Crippen molar-refractivity contribution in [3.8, 4) is 5.75 Å². The second kappa shape index (κ2) is 14.4. The van der Waals surface area contributed by atoms with Crippen LogP contribution < -0.4 is 4.74 Å². The van der Waals surface area contributed by atoms with Gasteiger partial charge in [-0.25, -0.2) is 4.79 Å². The van der Waals surface area contributed by atoms with Crippen LogP contribution in [0, 0.1) is 0 Å². The minimum absolute atomic E-state index is 0.113. The van der Waals surface area contributed by atoms with E-state index in [1.54, 1.807) is 24.3 Å². The number of rotatable bonds is 17. The highest BCUT2D eigenvalue weighted by Gasteiger charge is 2.42. The van der Waals surface area contributed by atoms with Gasteiger partial charge >= 0.3 is 11.8 Å². The van der Waals surface area contributed by atoms with Gasteiger partial charge in [0.05, 0.1) is 39.6 Å². The first-order chi connectivity index (χ1) is 13.1. The average Bonchev–Trinajstić information content (AvgIpc) is 2.68. The molecule has 154 valence electrons. The number of unbranched alkanes of at least 4 members (excludes halogenated alkanes) is 1. The highest BCUT2D eigenvalue weighted by Crippen LogP contribution is 2.25. The molecule has 0 aliphatic heterocycles.